The second-order valence-corrected chi connectivity index (χ2v) is 16.1. The van der Waals surface area contributed by atoms with Crippen LogP contribution in [0.4, 0.5) is 5.69 Å². The first-order valence-corrected chi connectivity index (χ1v) is 14.7. The lowest BCUT2D eigenvalue weighted by Crippen LogP contribution is -2.44. The van der Waals surface area contributed by atoms with Gasteiger partial charge in [-0.15, -0.1) is 0 Å². The van der Waals surface area contributed by atoms with Crippen molar-refractivity contribution in [3.05, 3.63) is 42.0 Å². The highest BCUT2D eigenvalue weighted by atomic mass is 28.4. The number of nitrogens with one attached hydrogen (secondary N) is 2. The standard InChI is InChI=1S/C26H33N5O2Si/c1-25(2,3)34(6,7)33-13-12-31-21-15-20-19(14-17(21)26(4,5)24(31)32)27-23(28-20)22-16-10-8-9-11-18(16)29-30-22/h8-11,14-15H,12-13H2,1-7H3,(H,27,28)(H,29,30). The molecule has 2 N–H and O–H groups in total. The van der Waals surface area contributed by atoms with Crippen LogP contribution in [0.1, 0.15) is 40.2 Å². The summed E-state index contributed by atoms with van der Waals surface area (Å²) in [5.41, 5.74) is 4.81. The monoisotopic (exact) mass is 475 g/mol. The summed E-state index contributed by atoms with van der Waals surface area (Å²) in [7, 11) is -1.88. The van der Waals surface area contributed by atoms with Gasteiger partial charge in [0.2, 0.25) is 5.91 Å². The van der Waals surface area contributed by atoms with E-state index in [-0.39, 0.29) is 10.9 Å². The minimum Gasteiger partial charge on any atom is -0.415 e. The molecule has 0 saturated carbocycles. The van der Waals surface area contributed by atoms with E-state index in [9.17, 15) is 4.79 Å². The number of aromatic nitrogens is 4. The van der Waals surface area contributed by atoms with Gasteiger partial charge >= 0.3 is 0 Å². The first-order chi connectivity index (χ1) is 15.9. The minimum atomic E-state index is -1.88. The Hall–Kier alpha value is -2.97. The van der Waals surface area contributed by atoms with Gasteiger partial charge in [-0.3, -0.25) is 9.89 Å². The number of imidazole rings is 1. The molecular formula is C26H33N5O2Si. The number of para-hydroxylation sites is 1. The highest BCUT2D eigenvalue weighted by molar-refractivity contribution is 6.74. The van der Waals surface area contributed by atoms with Crippen molar-refractivity contribution in [3.8, 4) is 11.5 Å². The van der Waals surface area contributed by atoms with Crippen LogP contribution in [0.2, 0.25) is 18.1 Å². The average Bonchev–Trinajstić information content (AvgIpc) is 3.41. The second kappa shape index (κ2) is 7.51. The van der Waals surface area contributed by atoms with Gasteiger partial charge in [0, 0.05) is 11.9 Å². The van der Waals surface area contributed by atoms with E-state index in [1.807, 2.05) is 49.1 Å². The number of fused-ring (bicyclic) bond motifs is 3. The number of hydrogen-bond donors (Lipinski definition) is 2. The van der Waals surface area contributed by atoms with Gasteiger partial charge in [-0.05, 0) is 55.7 Å². The van der Waals surface area contributed by atoms with Gasteiger partial charge in [0.1, 0.15) is 5.69 Å². The zero-order valence-electron chi connectivity index (χ0n) is 21.0. The molecule has 2 aromatic heterocycles. The first-order valence-electron chi connectivity index (χ1n) is 11.8. The van der Waals surface area contributed by atoms with Crippen LogP contribution in [0, 0.1) is 0 Å². The predicted molar refractivity (Wildman–Crippen MR) is 140 cm³/mol. The van der Waals surface area contributed by atoms with Gasteiger partial charge < -0.3 is 14.3 Å². The Balaban J connectivity index is 1.49. The maximum Gasteiger partial charge on any atom is 0.237 e. The Bertz CT molecular complexity index is 1410. The zero-order chi connectivity index (χ0) is 24.5. The van der Waals surface area contributed by atoms with Crippen molar-refractivity contribution < 1.29 is 9.22 Å². The molecular weight excluding hydrogens is 442 g/mol. The Kier molecular flexibility index (Phi) is 5.04. The number of carbonyl (C=O) groups is 1. The lowest BCUT2D eigenvalue weighted by molar-refractivity contribution is -0.122. The van der Waals surface area contributed by atoms with Crippen molar-refractivity contribution in [2.75, 3.05) is 18.1 Å². The van der Waals surface area contributed by atoms with E-state index in [0.29, 0.717) is 19.0 Å². The van der Waals surface area contributed by atoms with Crippen molar-refractivity contribution in [2.24, 2.45) is 0 Å². The van der Waals surface area contributed by atoms with Gasteiger partial charge in [-0.1, -0.05) is 39.0 Å². The summed E-state index contributed by atoms with van der Waals surface area (Å²) in [4.78, 5) is 23.5. The van der Waals surface area contributed by atoms with Crippen molar-refractivity contribution in [2.45, 2.75) is 58.2 Å². The third-order valence-corrected chi connectivity index (χ3v) is 12.2. The number of H-pyrrole nitrogens is 2. The van der Waals surface area contributed by atoms with Crippen LogP contribution >= 0.6 is 0 Å². The van der Waals surface area contributed by atoms with Crippen molar-refractivity contribution in [3.63, 3.8) is 0 Å². The van der Waals surface area contributed by atoms with Crippen LogP contribution in [0.5, 0.6) is 0 Å². The Morgan fingerprint density at radius 1 is 1.12 bits per heavy atom. The fraction of sp³-hybridized carbons (Fsp3) is 0.423. The van der Waals surface area contributed by atoms with Crippen LogP contribution < -0.4 is 4.90 Å². The molecule has 0 radical (unpaired) electrons. The molecule has 3 heterocycles. The smallest absolute Gasteiger partial charge is 0.237 e. The van der Waals surface area contributed by atoms with Crippen molar-refractivity contribution in [1.82, 2.24) is 20.2 Å². The molecule has 178 valence electrons. The number of aromatic amines is 2. The predicted octanol–water partition coefficient (Wildman–Crippen LogP) is 5.75. The van der Waals surface area contributed by atoms with E-state index in [4.69, 9.17) is 9.41 Å². The number of carbonyl (C=O) groups excluding carboxylic acids is 1. The molecule has 1 aliphatic rings. The van der Waals surface area contributed by atoms with Gasteiger partial charge in [-0.2, -0.15) is 5.10 Å². The quantitative estimate of drug-likeness (QED) is 0.360. The van der Waals surface area contributed by atoms with E-state index >= 15 is 0 Å². The van der Waals surface area contributed by atoms with E-state index in [0.717, 1.165) is 38.9 Å². The minimum absolute atomic E-state index is 0.104. The van der Waals surface area contributed by atoms with Gasteiger partial charge in [-0.25, -0.2) is 4.98 Å². The lowest BCUT2D eigenvalue weighted by atomic mass is 9.86. The van der Waals surface area contributed by atoms with Crippen LogP contribution in [-0.4, -0.2) is 47.5 Å². The average molecular weight is 476 g/mol. The molecule has 4 aromatic rings. The second-order valence-electron chi connectivity index (χ2n) is 11.3. The molecule has 0 spiro atoms. The third kappa shape index (κ3) is 3.47. The summed E-state index contributed by atoms with van der Waals surface area (Å²) in [6.45, 7) is 16.2. The highest BCUT2D eigenvalue weighted by Gasteiger charge is 2.44. The molecule has 0 unspecified atom stereocenters. The number of hydrogen-bond acceptors (Lipinski definition) is 4. The molecule has 0 fully saturated rings. The van der Waals surface area contributed by atoms with Crippen LogP contribution in [0.3, 0.4) is 0 Å². The molecule has 34 heavy (non-hydrogen) atoms. The summed E-state index contributed by atoms with van der Waals surface area (Å²) in [6.07, 6.45) is 0. The van der Waals surface area contributed by atoms with Crippen LogP contribution in [-0.2, 0) is 14.6 Å². The molecule has 1 aliphatic heterocycles. The zero-order valence-corrected chi connectivity index (χ0v) is 22.0. The molecule has 7 nitrogen and oxygen atoms in total. The van der Waals surface area contributed by atoms with Crippen LogP contribution in [0.15, 0.2) is 36.4 Å². The number of anilines is 1. The summed E-state index contributed by atoms with van der Waals surface area (Å²) < 4.78 is 6.38. The lowest BCUT2D eigenvalue weighted by Gasteiger charge is -2.36. The van der Waals surface area contributed by atoms with Gasteiger partial charge in [0.25, 0.3) is 0 Å². The Morgan fingerprint density at radius 3 is 2.59 bits per heavy atom. The number of benzene rings is 2. The molecule has 5 rings (SSSR count). The maximum atomic E-state index is 13.4. The summed E-state index contributed by atoms with van der Waals surface area (Å²) in [5, 5.41) is 8.71. The van der Waals surface area contributed by atoms with E-state index in [1.54, 1.807) is 0 Å². The largest absolute Gasteiger partial charge is 0.415 e. The first kappa shape index (κ1) is 22.8. The molecule has 0 aliphatic carbocycles. The van der Waals surface area contributed by atoms with E-state index in [1.165, 1.54) is 0 Å². The number of rotatable bonds is 5. The molecule has 0 atom stereocenters. The topological polar surface area (TPSA) is 86.9 Å². The summed E-state index contributed by atoms with van der Waals surface area (Å²) in [5.74, 6) is 0.820. The Labute approximate surface area is 201 Å². The van der Waals surface area contributed by atoms with Crippen molar-refractivity contribution >= 4 is 41.8 Å². The van der Waals surface area contributed by atoms with Gasteiger partial charge in [0.15, 0.2) is 14.1 Å². The van der Waals surface area contributed by atoms with E-state index in [2.05, 4.69) is 55.1 Å². The maximum absolute atomic E-state index is 13.4. The number of amides is 1. The summed E-state index contributed by atoms with van der Waals surface area (Å²) in [6, 6.07) is 12.1. The number of nitrogens with zero attached hydrogens (tertiary/aromatic N) is 3. The third-order valence-electron chi connectivity index (χ3n) is 7.62. The molecule has 2 aromatic carbocycles. The normalized spacial score (nSPS) is 16.1. The molecule has 0 bridgehead atoms. The fourth-order valence-corrected chi connectivity index (χ4v) is 5.45. The molecule has 8 heteroatoms. The SMILES string of the molecule is CC1(C)C(=O)N(CCO[Si](C)(C)C(C)(C)C)c2cc3[nH]c(-c4n[nH]c5ccccc45)nc3cc21. The molecule has 0 saturated heterocycles. The van der Waals surface area contributed by atoms with E-state index < -0.39 is 13.7 Å². The summed E-state index contributed by atoms with van der Waals surface area (Å²) >= 11 is 0. The highest BCUT2D eigenvalue weighted by Crippen LogP contribution is 2.44. The van der Waals surface area contributed by atoms with Crippen LogP contribution in [0.25, 0.3) is 33.5 Å². The van der Waals surface area contributed by atoms with Gasteiger partial charge in [0.05, 0.1) is 34.3 Å². The fourth-order valence-electron chi connectivity index (χ4n) is 4.42. The Morgan fingerprint density at radius 2 is 1.85 bits per heavy atom. The van der Waals surface area contributed by atoms with Crippen molar-refractivity contribution in [1.29, 1.82) is 0 Å². The molecule has 1 amide bonds.